The molecule has 2 rings (SSSR count). The summed E-state index contributed by atoms with van der Waals surface area (Å²) < 4.78 is 0. The summed E-state index contributed by atoms with van der Waals surface area (Å²) in [7, 11) is 0. The van der Waals surface area contributed by atoms with Gasteiger partial charge in [-0.15, -0.1) is 0 Å². The van der Waals surface area contributed by atoms with E-state index in [0.717, 1.165) is 17.8 Å². The smallest absolute Gasteiger partial charge is 0.278 e. The minimum absolute atomic E-state index is 0.173. The van der Waals surface area contributed by atoms with Crippen LogP contribution >= 0.6 is 0 Å². The highest BCUT2D eigenvalue weighted by molar-refractivity contribution is 5.88. The maximum Gasteiger partial charge on any atom is 0.278 e. The highest BCUT2D eigenvalue weighted by Crippen LogP contribution is 2.49. The normalized spacial score (nSPS) is 26.4. The molecule has 0 aromatic heterocycles. The second-order valence-corrected chi connectivity index (χ2v) is 12.3. The first-order valence-electron chi connectivity index (χ1n) is 14.7. The molecule has 2 heteroatoms. The van der Waals surface area contributed by atoms with Gasteiger partial charge >= 0.3 is 0 Å². The van der Waals surface area contributed by atoms with Crippen molar-refractivity contribution < 1.29 is 4.79 Å². The fourth-order valence-corrected chi connectivity index (χ4v) is 6.96. The Kier molecular flexibility index (Phi) is 13.2. The van der Waals surface area contributed by atoms with Gasteiger partial charge in [-0.25, -0.2) is 0 Å². The monoisotopic (exact) mass is 444 g/mol. The molecule has 0 spiro atoms. The minimum atomic E-state index is 0.173. The largest absolute Gasteiger partial charge is 0.362 e. The minimum Gasteiger partial charge on any atom is -0.362 e. The van der Waals surface area contributed by atoms with Crippen LogP contribution in [0.3, 0.4) is 0 Å². The lowest BCUT2D eigenvalue weighted by Gasteiger charge is -2.42. The second kappa shape index (κ2) is 15.3. The molecule has 0 aromatic carbocycles. The van der Waals surface area contributed by atoms with Crippen molar-refractivity contribution in [2.24, 2.45) is 29.1 Å². The Morgan fingerprint density at radius 3 is 1.94 bits per heavy atom. The molecule has 0 aromatic rings. The number of hydrogen-bond acceptors (Lipinski definition) is 0. The number of rotatable bonds is 11. The molecule has 186 valence electrons. The van der Waals surface area contributed by atoms with E-state index in [1.165, 1.54) is 134 Å². The van der Waals surface area contributed by atoms with E-state index >= 15 is 0 Å². The van der Waals surface area contributed by atoms with E-state index in [9.17, 15) is 5.53 Å². The Hall–Kier alpha value is -0.620. The third kappa shape index (κ3) is 8.96. The number of unbranched alkanes of at least 4 members (excludes halogenated alkanes) is 2. The zero-order valence-electron chi connectivity index (χ0n) is 22.3. The van der Waals surface area contributed by atoms with Crippen LogP contribution in [-0.2, 0) is 0 Å². The van der Waals surface area contributed by atoms with E-state index < -0.39 is 0 Å². The van der Waals surface area contributed by atoms with Crippen molar-refractivity contribution in [3.8, 4) is 0 Å². The Bertz CT molecular complexity index is 537. The average Bonchev–Trinajstić information content (AvgIpc) is 2.71. The Balaban J connectivity index is 2.25. The molecule has 2 fully saturated rings. The van der Waals surface area contributed by atoms with Gasteiger partial charge in [0.05, 0.1) is 11.3 Å². The molecule has 0 aliphatic heterocycles. The van der Waals surface area contributed by atoms with E-state index in [-0.39, 0.29) is 5.41 Å². The van der Waals surface area contributed by atoms with Gasteiger partial charge in [0.2, 0.25) is 0 Å². The summed E-state index contributed by atoms with van der Waals surface area (Å²) in [6.07, 6.45) is 26.8. The Morgan fingerprint density at radius 1 is 0.750 bits per heavy atom. The molecule has 0 heterocycles. The van der Waals surface area contributed by atoms with Crippen LogP contribution in [0.4, 0.5) is 0 Å². The predicted molar refractivity (Wildman–Crippen MR) is 140 cm³/mol. The van der Waals surface area contributed by atoms with Crippen molar-refractivity contribution in [3.05, 3.63) is 5.53 Å². The molecule has 2 atom stereocenters. The topological polar surface area (TPSA) is 36.4 Å². The highest BCUT2D eigenvalue weighted by Gasteiger charge is 2.50. The molecular formula is C30H56N2. The van der Waals surface area contributed by atoms with E-state index in [1.807, 2.05) is 0 Å². The van der Waals surface area contributed by atoms with E-state index in [1.54, 1.807) is 0 Å². The van der Waals surface area contributed by atoms with Crippen LogP contribution in [0.5, 0.6) is 0 Å². The van der Waals surface area contributed by atoms with Crippen LogP contribution in [-0.4, -0.2) is 10.5 Å². The molecular weight excluding hydrogens is 388 g/mol. The van der Waals surface area contributed by atoms with Gasteiger partial charge in [0.25, 0.3) is 5.71 Å². The van der Waals surface area contributed by atoms with Gasteiger partial charge in [0, 0.05) is 0 Å². The lowest BCUT2D eigenvalue weighted by Crippen LogP contribution is -2.44. The van der Waals surface area contributed by atoms with Crippen LogP contribution in [0.2, 0.25) is 0 Å². The summed E-state index contributed by atoms with van der Waals surface area (Å²) in [5.41, 5.74) is 12.0. The molecule has 32 heavy (non-hydrogen) atoms. The zero-order valence-corrected chi connectivity index (χ0v) is 22.3. The van der Waals surface area contributed by atoms with Gasteiger partial charge in [0.15, 0.2) is 0 Å². The summed E-state index contributed by atoms with van der Waals surface area (Å²) >= 11 is 0. The van der Waals surface area contributed by atoms with Crippen LogP contribution in [0.25, 0.3) is 5.53 Å². The molecule has 0 saturated heterocycles. The zero-order chi connectivity index (χ0) is 23.2. The summed E-state index contributed by atoms with van der Waals surface area (Å²) in [6, 6.07) is 0. The first-order valence-corrected chi connectivity index (χ1v) is 14.7. The first-order chi connectivity index (χ1) is 15.5. The molecule has 2 nitrogen and oxygen atoms in total. The van der Waals surface area contributed by atoms with E-state index in [0.29, 0.717) is 5.92 Å². The molecule has 2 unspecified atom stereocenters. The number of nitrogens with zero attached hydrogens (tertiary/aromatic N) is 2. The van der Waals surface area contributed by atoms with Crippen LogP contribution in [0.1, 0.15) is 156 Å². The van der Waals surface area contributed by atoms with Gasteiger partial charge in [-0.2, -0.15) is 4.79 Å². The summed E-state index contributed by atoms with van der Waals surface area (Å²) in [5.74, 6) is 2.85. The standard InChI is InChI=1S/C30H56N2/c1-25(2)17-12-13-20-27-19-9-8-15-23-30(29(27)32-31,24-16-14-18-26(3)4)28-21-10-6-5-7-11-22-28/h25-28H,5-24H2,1-4H3. The van der Waals surface area contributed by atoms with E-state index in [4.69, 9.17) is 0 Å². The SMILES string of the molecule is CC(C)CCCCC1CCCCCC(CCCCC(C)C)(C2CCCCCCC2)C1=[N+]=[N-]. The molecule has 0 N–H and O–H groups in total. The van der Waals surface area contributed by atoms with Gasteiger partial charge < -0.3 is 5.53 Å². The van der Waals surface area contributed by atoms with Gasteiger partial charge in [-0.3, -0.25) is 0 Å². The Morgan fingerprint density at radius 2 is 1.31 bits per heavy atom. The van der Waals surface area contributed by atoms with Crippen molar-refractivity contribution in [1.82, 2.24) is 0 Å². The van der Waals surface area contributed by atoms with Crippen molar-refractivity contribution in [1.29, 1.82) is 0 Å². The second-order valence-electron chi connectivity index (χ2n) is 12.3. The lowest BCUT2D eigenvalue weighted by molar-refractivity contribution is -0.0440. The maximum absolute atomic E-state index is 10.5. The predicted octanol–water partition coefficient (Wildman–Crippen LogP) is 10.0. The summed E-state index contributed by atoms with van der Waals surface area (Å²) in [6.45, 7) is 9.39. The van der Waals surface area contributed by atoms with Crippen LogP contribution < -0.4 is 0 Å². The fraction of sp³-hybridized carbons (Fsp3) is 0.967. The molecule has 0 bridgehead atoms. The van der Waals surface area contributed by atoms with Crippen LogP contribution in [0.15, 0.2) is 0 Å². The van der Waals surface area contributed by atoms with E-state index in [2.05, 4.69) is 32.5 Å². The highest BCUT2D eigenvalue weighted by atomic mass is 14.9. The summed E-state index contributed by atoms with van der Waals surface area (Å²) in [5, 5.41) is 0. The molecule has 2 aliphatic rings. The van der Waals surface area contributed by atoms with Crippen molar-refractivity contribution in [2.75, 3.05) is 0 Å². The summed E-state index contributed by atoms with van der Waals surface area (Å²) in [4.78, 5) is 4.26. The molecule has 0 radical (unpaired) electrons. The quantitative estimate of drug-likeness (QED) is 0.173. The third-order valence-electron chi connectivity index (χ3n) is 8.81. The lowest BCUT2D eigenvalue weighted by atomic mass is 9.58. The molecule has 0 amide bonds. The fourth-order valence-electron chi connectivity index (χ4n) is 6.96. The number of hydrogen-bond donors (Lipinski definition) is 0. The van der Waals surface area contributed by atoms with Crippen LogP contribution in [0, 0.1) is 29.1 Å². The average molecular weight is 445 g/mol. The third-order valence-corrected chi connectivity index (χ3v) is 8.81. The maximum atomic E-state index is 10.5. The van der Waals surface area contributed by atoms with Crippen molar-refractivity contribution >= 4 is 5.71 Å². The Labute approximate surface area is 201 Å². The van der Waals surface area contributed by atoms with Gasteiger partial charge in [0.1, 0.15) is 0 Å². The molecule has 2 aliphatic carbocycles. The molecule has 2 saturated carbocycles. The van der Waals surface area contributed by atoms with Gasteiger partial charge in [-0.1, -0.05) is 118 Å². The first kappa shape index (κ1) is 27.6. The van der Waals surface area contributed by atoms with Crippen molar-refractivity contribution in [2.45, 2.75) is 156 Å². The van der Waals surface area contributed by atoms with Gasteiger partial charge in [-0.05, 0) is 56.3 Å². The van der Waals surface area contributed by atoms with Crippen molar-refractivity contribution in [3.63, 3.8) is 0 Å².